The van der Waals surface area contributed by atoms with E-state index in [1.165, 1.54) is 12.3 Å². The predicted molar refractivity (Wildman–Crippen MR) is 58.3 cm³/mol. The van der Waals surface area contributed by atoms with E-state index < -0.39 is 5.97 Å². The van der Waals surface area contributed by atoms with Gasteiger partial charge in [-0.15, -0.1) is 0 Å². The molecule has 0 saturated carbocycles. The number of hydrogen-bond acceptors (Lipinski definition) is 3. The number of carboxylic acids is 1. The van der Waals surface area contributed by atoms with Crippen molar-refractivity contribution in [1.29, 1.82) is 0 Å². The summed E-state index contributed by atoms with van der Waals surface area (Å²) in [6.07, 6.45) is 1.37. The van der Waals surface area contributed by atoms with Gasteiger partial charge in [-0.05, 0) is 6.07 Å². The van der Waals surface area contributed by atoms with Crippen LogP contribution in [0.4, 0.5) is 0 Å². The van der Waals surface area contributed by atoms with Gasteiger partial charge >= 0.3 is 5.97 Å². The summed E-state index contributed by atoms with van der Waals surface area (Å²) in [7, 11) is 0. The maximum Gasteiger partial charge on any atom is 0.339 e. The molecule has 0 aliphatic rings. The van der Waals surface area contributed by atoms with Gasteiger partial charge < -0.3 is 10.2 Å². The molecule has 0 saturated heterocycles. The van der Waals surface area contributed by atoms with Crippen molar-refractivity contribution in [3.8, 4) is 17.0 Å². The zero-order valence-electron chi connectivity index (χ0n) is 8.29. The number of pyridine rings is 1. The van der Waals surface area contributed by atoms with Gasteiger partial charge in [-0.1, -0.05) is 30.3 Å². The Labute approximate surface area is 91.8 Å². The molecule has 0 aliphatic heterocycles. The molecule has 0 spiro atoms. The van der Waals surface area contributed by atoms with Crippen LogP contribution in [0.3, 0.4) is 0 Å². The Morgan fingerprint density at radius 1 is 1.12 bits per heavy atom. The smallest absolute Gasteiger partial charge is 0.339 e. The van der Waals surface area contributed by atoms with Gasteiger partial charge in [-0.25, -0.2) is 4.79 Å². The number of carbonyl (C=O) groups is 1. The highest BCUT2D eigenvalue weighted by Gasteiger charge is 2.14. The highest BCUT2D eigenvalue weighted by atomic mass is 16.4. The molecular weight excluding hydrogens is 206 g/mol. The lowest BCUT2D eigenvalue weighted by Crippen LogP contribution is -1.98. The predicted octanol–water partition coefficient (Wildman–Crippen LogP) is 2.15. The molecule has 4 heteroatoms. The molecule has 2 aromatic rings. The number of hydrogen-bond donors (Lipinski definition) is 2. The number of aromatic hydroxyl groups is 1. The van der Waals surface area contributed by atoms with Crippen LogP contribution in [0.25, 0.3) is 11.3 Å². The molecule has 0 radical (unpaired) electrons. The van der Waals surface area contributed by atoms with Crippen molar-refractivity contribution in [3.05, 3.63) is 48.2 Å². The van der Waals surface area contributed by atoms with Crippen LogP contribution in [-0.4, -0.2) is 21.2 Å². The maximum absolute atomic E-state index is 10.8. The third-order valence-electron chi connectivity index (χ3n) is 2.20. The lowest BCUT2D eigenvalue weighted by atomic mass is 10.1. The third-order valence-corrected chi connectivity index (χ3v) is 2.20. The molecule has 0 unspecified atom stereocenters. The van der Waals surface area contributed by atoms with Gasteiger partial charge in [0.25, 0.3) is 0 Å². The largest absolute Gasteiger partial charge is 0.505 e. The highest BCUT2D eigenvalue weighted by molar-refractivity contribution is 5.93. The Bertz CT molecular complexity index is 523. The first-order valence-electron chi connectivity index (χ1n) is 4.67. The van der Waals surface area contributed by atoms with E-state index >= 15 is 0 Å². The lowest BCUT2D eigenvalue weighted by Gasteiger charge is -2.05. The standard InChI is InChI=1S/C12H9NO3/c14-11-9(12(15)16)6-7-13-10(11)8-4-2-1-3-5-8/h1-7,14H,(H,15,16). The monoisotopic (exact) mass is 215 g/mol. The van der Waals surface area contributed by atoms with Crippen LogP contribution in [0.1, 0.15) is 10.4 Å². The molecule has 0 fully saturated rings. The van der Waals surface area contributed by atoms with Crippen LogP contribution < -0.4 is 0 Å². The van der Waals surface area contributed by atoms with E-state index in [1.807, 2.05) is 6.07 Å². The Kier molecular flexibility index (Phi) is 2.55. The van der Waals surface area contributed by atoms with Crippen molar-refractivity contribution in [1.82, 2.24) is 4.98 Å². The number of nitrogens with zero attached hydrogens (tertiary/aromatic N) is 1. The number of aromatic carboxylic acids is 1. The Balaban J connectivity index is 2.59. The molecule has 16 heavy (non-hydrogen) atoms. The van der Waals surface area contributed by atoms with Crippen LogP contribution in [0.15, 0.2) is 42.6 Å². The maximum atomic E-state index is 10.8. The zero-order chi connectivity index (χ0) is 11.5. The van der Waals surface area contributed by atoms with Crippen molar-refractivity contribution in [2.24, 2.45) is 0 Å². The van der Waals surface area contributed by atoms with Crippen molar-refractivity contribution < 1.29 is 15.0 Å². The molecule has 1 heterocycles. The summed E-state index contributed by atoms with van der Waals surface area (Å²) in [4.78, 5) is 14.8. The van der Waals surface area contributed by atoms with Crippen LogP contribution in [0.2, 0.25) is 0 Å². The number of benzene rings is 1. The summed E-state index contributed by atoms with van der Waals surface area (Å²) >= 11 is 0. The Morgan fingerprint density at radius 2 is 1.81 bits per heavy atom. The topological polar surface area (TPSA) is 70.4 Å². The van der Waals surface area contributed by atoms with Gasteiger partial charge in [0.15, 0.2) is 5.75 Å². The van der Waals surface area contributed by atoms with Gasteiger partial charge in [0.05, 0.1) is 0 Å². The molecular formula is C12H9NO3. The van der Waals surface area contributed by atoms with E-state index in [4.69, 9.17) is 5.11 Å². The van der Waals surface area contributed by atoms with E-state index in [9.17, 15) is 9.90 Å². The quantitative estimate of drug-likeness (QED) is 0.805. The fraction of sp³-hybridized carbons (Fsp3) is 0. The first-order chi connectivity index (χ1) is 7.70. The Morgan fingerprint density at radius 3 is 2.44 bits per heavy atom. The first-order valence-corrected chi connectivity index (χ1v) is 4.67. The summed E-state index contributed by atoms with van der Waals surface area (Å²) in [6, 6.07) is 10.2. The van der Waals surface area contributed by atoms with Crippen LogP contribution in [-0.2, 0) is 0 Å². The molecule has 0 atom stereocenters. The minimum Gasteiger partial charge on any atom is -0.505 e. The number of aromatic nitrogens is 1. The van der Waals surface area contributed by atoms with E-state index in [0.717, 1.165) is 0 Å². The van der Waals surface area contributed by atoms with Crippen LogP contribution >= 0.6 is 0 Å². The summed E-state index contributed by atoms with van der Waals surface area (Å²) in [6.45, 7) is 0. The first kappa shape index (κ1) is 10.2. The minimum absolute atomic E-state index is 0.145. The molecule has 80 valence electrons. The fourth-order valence-electron chi connectivity index (χ4n) is 1.43. The zero-order valence-corrected chi connectivity index (χ0v) is 8.29. The second kappa shape index (κ2) is 4.02. The average molecular weight is 215 g/mol. The molecule has 2 N–H and O–H groups in total. The third kappa shape index (κ3) is 1.72. The van der Waals surface area contributed by atoms with Gasteiger partial charge in [-0.2, -0.15) is 0 Å². The van der Waals surface area contributed by atoms with E-state index in [0.29, 0.717) is 5.56 Å². The van der Waals surface area contributed by atoms with Gasteiger partial charge in [0, 0.05) is 11.8 Å². The number of carboxylic acid groups (broad SMARTS) is 1. The summed E-state index contributed by atoms with van der Waals surface area (Å²) < 4.78 is 0. The van der Waals surface area contributed by atoms with Crippen LogP contribution in [0.5, 0.6) is 5.75 Å². The van der Waals surface area contributed by atoms with E-state index in [-0.39, 0.29) is 17.0 Å². The minimum atomic E-state index is -1.17. The second-order valence-electron chi connectivity index (χ2n) is 3.23. The lowest BCUT2D eigenvalue weighted by molar-refractivity contribution is 0.0693. The Hall–Kier alpha value is -2.36. The number of rotatable bonds is 2. The molecule has 1 aromatic carbocycles. The van der Waals surface area contributed by atoms with Crippen LogP contribution in [0, 0.1) is 0 Å². The average Bonchev–Trinajstić information content (AvgIpc) is 2.30. The van der Waals surface area contributed by atoms with E-state index in [1.54, 1.807) is 24.3 Å². The van der Waals surface area contributed by atoms with E-state index in [2.05, 4.69) is 4.98 Å². The van der Waals surface area contributed by atoms with Gasteiger partial charge in [0.1, 0.15) is 11.3 Å². The second-order valence-corrected chi connectivity index (χ2v) is 3.23. The highest BCUT2D eigenvalue weighted by Crippen LogP contribution is 2.29. The van der Waals surface area contributed by atoms with Gasteiger partial charge in [-0.3, -0.25) is 4.98 Å². The van der Waals surface area contributed by atoms with Gasteiger partial charge in [0.2, 0.25) is 0 Å². The van der Waals surface area contributed by atoms with Crippen molar-refractivity contribution in [3.63, 3.8) is 0 Å². The van der Waals surface area contributed by atoms with Crippen molar-refractivity contribution >= 4 is 5.97 Å². The molecule has 1 aromatic heterocycles. The fourth-order valence-corrected chi connectivity index (χ4v) is 1.43. The molecule has 0 bridgehead atoms. The molecule has 4 nitrogen and oxygen atoms in total. The SMILES string of the molecule is O=C(O)c1ccnc(-c2ccccc2)c1O. The van der Waals surface area contributed by atoms with Crippen molar-refractivity contribution in [2.75, 3.05) is 0 Å². The van der Waals surface area contributed by atoms with Crippen molar-refractivity contribution in [2.45, 2.75) is 0 Å². The summed E-state index contributed by atoms with van der Waals surface area (Å²) in [5.74, 6) is -1.47. The molecule has 2 rings (SSSR count). The summed E-state index contributed by atoms with van der Waals surface area (Å²) in [5, 5.41) is 18.6. The molecule has 0 aliphatic carbocycles. The molecule has 0 amide bonds. The summed E-state index contributed by atoms with van der Waals surface area (Å²) in [5.41, 5.74) is 0.817. The normalized spacial score (nSPS) is 10.0.